The highest BCUT2D eigenvalue weighted by molar-refractivity contribution is 5.92. The molecule has 9 heteroatoms. The molecule has 0 saturated carbocycles. The lowest BCUT2D eigenvalue weighted by molar-refractivity contribution is 0.0733. The third kappa shape index (κ3) is 6.73. The van der Waals surface area contributed by atoms with Crippen LogP contribution < -0.4 is 15.2 Å². The summed E-state index contributed by atoms with van der Waals surface area (Å²) in [7, 11) is 0. The van der Waals surface area contributed by atoms with E-state index in [2.05, 4.69) is 27.7 Å². The molecule has 0 spiro atoms. The molecule has 8 nitrogen and oxygen atoms in total. The zero-order valence-corrected chi connectivity index (χ0v) is 23.2. The Labute approximate surface area is 225 Å². The molecule has 0 fully saturated rings. The fraction of sp³-hybridized carbons (Fsp3) is 0.536. The quantitative estimate of drug-likeness (QED) is 0.375. The summed E-state index contributed by atoms with van der Waals surface area (Å²) in [5.41, 5.74) is 9.57. The van der Waals surface area contributed by atoms with E-state index in [-0.39, 0.29) is 18.3 Å². The first kappa shape index (κ1) is 28.7. The summed E-state index contributed by atoms with van der Waals surface area (Å²) in [6.45, 7) is 11.8. The Morgan fingerprint density at radius 1 is 1.05 bits per heavy atom. The molecule has 0 unspecified atom stereocenters. The second-order valence-electron chi connectivity index (χ2n) is 10.3. The van der Waals surface area contributed by atoms with Gasteiger partial charge in [-0.3, -0.25) is 4.79 Å². The summed E-state index contributed by atoms with van der Waals surface area (Å²) < 4.78 is 13.6. The Balaban J connectivity index is 0.00000380. The van der Waals surface area contributed by atoms with E-state index < -0.39 is 0 Å². The lowest BCUT2D eigenvalue weighted by Crippen LogP contribution is -2.35. The first-order valence-corrected chi connectivity index (χ1v) is 13.2. The summed E-state index contributed by atoms with van der Waals surface area (Å²) >= 11 is 0. The third-order valence-electron chi connectivity index (χ3n) is 6.47. The fourth-order valence-electron chi connectivity index (χ4n) is 4.37. The standard InChI is InChI=1S/C28H39N5O3.ClH/c1-19(2)12-15-32(16-13-20(3)4)28(34)22-10-11-25-30-26(23(8-6-14-29)33(25)31-22)21-7-5-9-24-27(21)36-18-17-35-24;/h5,7,9-11,19-20H,6,8,12-18,29H2,1-4H3;1H. The monoisotopic (exact) mass is 529 g/mol. The van der Waals surface area contributed by atoms with Gasteiger partial charge in [-0.15, -0.1) is 12.4 Å². The lowest BCUT2D eigenvalue weighted by atomic mass is 10.1. The number of aryl methyl sites for hydroxylation is 1. The van der Waals surface area contributed by atoms with Gasteiger partial charge in [-0.25, -0.2) is 9.50 Å². The minimum absolute atomic E-state index is 0. The number of carbonyl (C=O) groups is 1. The summed E-state index contributed by atoms with van der Waals surface area (Å²) in [6, 6.07) is 9.52. The zero-order chi connectivity index (χ0) is 25.7. The van der Waals surface area contributed by atoms with E-state index in [1.54, 1.807) is 6.07 Å². The second-order valence-corrected chi connectivity index (χ2v) is 10.3. The van der Waals surface area contributed by atoms with Gasteiger partial charge in [-0.1, -0.05) is 33.8 Å². The van der Waals surface area contributed by atoms with Gasteiger partial charge in [0.25, 0.3) is 5.91 Å². The van der Waals surface area contributed by atoms with E-state index in [0.717, 1.165) is 55.1 Å². The topological polar surface area (TPSA) is 95.0 Å². The molecule has 0 atom stereocenters. The number of aromatic nitrogens is 3. The van der Waals surface area contributed by atoms with Crippen LogP contribution in [-0.4, -0.2) is 58.3 Å². The zero-order valence-electron chi connectivity index (χ0n) is 22.4. The molecule has 1 aliphatic heterocycles. The Kier molecular flexibility index (Phi) is 10.2. The summed E-state index contributed by atoms with van der Waals surface area (Å²) in [6.07, 6.45) is 3.39. The molecular weight excluding hydrogens is 490 g/mol. The number of hydrogen-bond donors (Lipinski definition) is 1. The predicted molar refractivity (Wildman–Crippen MR) is 149 cm³/mol. The summed E-state index contributed by atoms with van der Waals surface area (Å²) in [4.78, 5) is 20.4. The summed E-state index contributed by atoms with van der Waals surface area (Å²) in [5.74, 6) is 2.43. The van der Waals surface area contributed by atoms with Crippen LogP contribution in [0, 0.1) is 11.8 Å². The number of fused-ring (bicyclic) bond motifs is 2. The average molecular weight is 530 g/mol. The van der Waals surface area contributed by atoms with Gasteiger partial charge < -0.3 is 20.1 Å². The molecule has 1 amide bonds. The van der Waals surface area contributed by atoms with Crippen LogP contribution >= 0.6 is 12.4 Å². The van der Waals surface area contributed by atoms with Crippen molar-refractivity contribution in [2.24, 2.45) is 17.6 Å². The number of hydrogen-bond acceptors (Lipinski definition) is 6. The minimum atomic E-state index is -0.0351. The minimum Gasteiger partial charge on any atom is -0.486 e. The maximum absolute atomic E-state index is 13.6. The predicted octanol–water partition coefficient (Wildman–Crippen LogP) is 5.02. The SMILES string of the molecule is CC(C)CCN(CCC(C)C)C(=O)c1ccc2nc(-c3cccc4c3OCCO4)c(CCCN)n2n1.Cl. The van der Waals surface area contributed by atoms with Crippen molar-refractivity contribution >= 4 is 24.0 Å². The van der Waals surface area contributed by atoms with Crippen LogP contribution in [0.15, 0.2) is 30.3 Å². The van der Waals surface area contributed by atoms with Crippen molar-refractivity contribution in [3.05, 3.63) is 41.7 Å². The van der Waals surface area contributed by atoms with Gasteiger partial charge in [0.1, 0.15) is 18.9 Å². The van der Waals surface area contributed by atoms with E-state index in [9.17, 15) is 4.79 Å². The van der Waals surface area contributed by atoms with Crippen LogP contribution in [0.2, 0.25) is 0 Å². The smallest absolute Gasteiger partial charge is 0.274 e. The number of ether oxygens (including phenoxy) is 2. The molecule has 0 saturated heterocycles. The molecule has 2 N–H and O–H groups in total. The highest BCUT2D eigenvalue weighted by atomic mass is 35.5. The first-order chi connectivity index (χ1) is 17.4. The van der Waals surface area contributed by atoms with Crippen LogP contribution in [0.4, 0.5) is 0 Å². The number of para-hydroxylation sites is 1. The lowest BCUT2D eigenvalue weighted by Gasteiger charge is -2.24. The molecule has 3 heterocycles. The van der Waals surface area contributed by atoms with Crippen molar-refractivity contribution in [1.82, 2.24) is 19.5 Å². The first-order valence-electron chi connectivity index (χ1n) is 13.2. The third-order valence-corrected chi connectivity index (χ3v) is 6.47. The molecule has 1 aromatic carbocycles. The Morgan fingerprint density at radius 2 is 1.76 bits per heavy atom. The van der Waals surface area contributed by atoms with Gasteiger partial charge in [0.2, 0.25) is 0 Å². The van der Waals surface area contributed by atoms with Gasteiger partial charge in [-0.2, -0.15) is 5.10 Å². The van der Waals surface area contributed by atoms with Gasteiger partial charge >= 0.3 is 0 Å². The number of nitrogens with two attached hydrogens (primary N) is 1. The number of halogens is 1. The van der Waals surface area contributed by atoms with Gasteiger partial charge in [-0.05, 0) is 68.3 Å². The number of carbonyl (C=O) groups excluding carboxylic acids is 1. The molecule has 4 rings (SSSR count). The number of benzene rings is 1. The van der Waals surface area contributed by atoms with Gasteiger partial charge in [0.05, 0.1) is 11.4 Å². The highest BCUT2D eigenvalue weighted by Gasteiger charge is 2.24. The van der Waals surface area contributed by atoms with E-state index in [1.165, 1.54) is 0 Å². The van der Waals surface area contributed by atoms with Crippen LogP contribution in [0.1, 0.15) is 63.1 Å². The Bertz CT molecular complexity index is 1180. The van der Waals surface area contributed by atoms with E-state index in [0.29, 0.717) is 55.1 Å². The van der Waals surface area contributed by atoms with E-state index in [1.807, 2.05) is 33.7 Å². The summed E-state index contributed by atoms with van der Waals surface area (Å²) in [5, 5.41) is 4.81. The van der Waals surface area contributed by atoms with Crippen molar-refractivity contribution in [2.45, 2.75) is 53.4 Å². The van der Waals surface area contributed by atoms with Crippen molar-refractivity contribution in [2.75, 3.05) is 32.8 Å². The maximum Gasteiger partial charge on any atom is 0.274 e. The molecule has 37 heavy (non-hydrogen) atoms. The highest BCUT2D eigenvalue weighted by Crippen LogP contribution is 2.41. The van der Waals surface area contributed by atoms with Crippen LogP contribution in [0.3, 0.4) is 0 Å². The van der Waals surface area contributed by atoms with Crippen molar-refractivity contribution in [3.63, 3.8) is 0 Å². The van der Waals surface area contributed by atoms with Crippen LogP contribution in [-0.2, 0) is 6.42 Å². The molecule has 0 bridgehead atoms. The van der Waals surface area contributed by atoms with Gasteiger partial charge in [0.15, 0.2) is 17.1 Å². The van der Waals surface area contributed by atoms with Crippen molar-refractivity contribution < 1.29 is 14.3 Å². The number of imidazole rings is 1. The second kappa shape index (κ2) is 13.1. The Hall–Kier alpha value is -2.84. The normalized spacial score (nSPS) is 12.7. The Morgan fingerprint density at radius 3 is 2.43 bits per heavy atom. The molecular formula is C28H40ClN5O3. The van der Waals surface area contributed by atoms with Gasteiger partial charge in [0, 0.05) is 18.7 Å². The molecule has 0 radical (unpaired) electrons. The van der Waals surface area contributed by atoms with E-state index in [4.69, 9.17) is 25.3 Å². The largest absolute Gasteiger partial charge is 0.486 e. The van der Waals surface area contributed by atoms with Crippen LogP contribution in [0.25, 0.3) is 16.9 Å². The fourth-order valence-corrected chi connectivity index (χ4v) is 4.37. The average Bonchev–Trinajstić information content (AvgIpc) is 3.23. The number of amides is 1. The van der Waals surface area contributed by atoms with Crippen molar-refractivity contribution in [3.8, 4) is 22.8 Å². The van der Waals surface area contributed by atoms with Crippen LogP contribution in [0.5, 0.6) is 11.5 Å². The number of rotatable bonds is 11. The number of nitrogens with zero attached hydrogens (tertiary/aromatic N) is 4. The molecule has 2 aromatic heterocycles. The molecule has 0 aliphatic carbocycles. The van der Waals surface area contributed by atoms with E-state index >= 15 is 0 Å². The van der Waals surface area contributed by atoms with Crippen molar-refractivity contribution in [1.29, 1.82) is 0 Å². The maximum atomic E-state index is 13.6. The molecule has 202 valence electrons. The molecule has 3 aromatic rings. The molecule has 1 aliphatic rings.